The van der Waals surface area contributed by atoms with Crippen LogP contribution in [0.2, 0.25) is 0 Å². The number of para-hydroxylation sites is 4. The van der Waals surface area contributed by atoms with Crippen LogP contribution in [0.1, 0.15) is 0 Å². The highest BCUT2D eigenvalue weighted by molar-refractivity contribution is 6.15. The van der Waals surface area contributed by atoms with E-state index in [9.17, 15) is 0 Å². The molecule has 0 saturated heterocycles. The van der Waals surface area contributed by atoms with Gasteiger partial charge in [0.05, 0.1) is 16.6 Å². The molecule has 0 fully saturated rings. The molecular formula is C52H33N5O. The van der Waals surface area contributed by atoms with Crippen LogP contribution in [0.25, 0.3) is 106 Å². The molecule has 58 heavy (non-hydrogen) atoms. The minimum atomic E-state index is 0.561. The van der Waals surface area contributed by atoms with Gasteiger partial charge in [-0.3, -0.25) is 4.57 Å². The van der Waals surface area contributed by atoms with Crippen molar-refractivity contribution < 1.29 is 4.42 Å². The van der Waals surface area contributed by atoms with Crippen molar-refractivity contribution in [3.63, 3.8) is 0 Å². The Morgan fingerprint density at radius 2 is 0.914 bits per heavy atom. The first-order valence-electron chi connectivity index (χ1n) is 19.3. The Morgan fingerprint density at radius 3 is 1.60 bits per heavy atom. The number of rotatable bonds is 7. The number of fused-ring (bicyclic) bond motifs is 4. The minimum Gasteiger partial charge on any atom is -0.455 e. The van der Waals surface area contributed by atoms with Crippen molar-refractivity contribution in [3.05, 3.63) is 200 Å². The molecule has 6 heteroatoms. The standard InChI is InChI=1S/C52H33N5O/c1-5-17-34(18-6-1)37-31-38(35-19-7-2-8-20-35)33-39(32-37)50-54-49(36-21-9-3-10-22-36)55-51(56-50)42-26-16-30-46-47(42)41-25-15-27-43(48(41)58-46)52-53-44-28-13-14-29-45(44)57(52)40-23-11-4-12-24-40/h1-33H. The predicted molar refractivity (Wildman–Crippen MR) is 234 cm³/mol. The molecule has 0 radical (unpaired) electrons. The average molecular weight is 744 g/mol. The van der Waals surface area contributed by atoms with Gasteiger partial charge in [-0.05, 0) is 76.9 Å². The maximum absolute atomic E-state index is 6.82. The fraction of sp³-hybridized carbons (Fsp3) is 0. The van der Waals surface area contributed by atoms with E-state index in [1.54, 1.807) is 0 Å². The maximum Gasteiger partial charge on any atom is 0.164 e. The van der Waals surface area contributed by atoms with Crippen molar-refractivity contribution >= 4 is 33.0 Å². The molecule has 3 aromatic heterocycles. The Morgan fingerprint density at radius 1 is 0.379 bits per heavy atom. The number of imidazole rings is 1. The molecule has 0 saturated carbocycles. The van der Waals surface area contributed by atoms with Crippen LogP contribution in [0.15, 0.2) is 205 Å². The van der Waals surface area contributed by atoms with Crippen molar-refractivity contribution in [2.45, 2.75) is 0 Å². The third-order valence-electron chi connectivity index (χ3n) is 10.7. The van der Waals surface area contributed by atoms with Gasteiger partial charge >= 0.3 is 0 Å². The lowest BCUT2D eigenvalue weighted by Gasteiger charge is -2.13. The largest absolute Gasteiger partial charge is 0.455 e. The Kier molecular flexibility index (Phi) is 8.04. The summed E-state index contributed by atoms with van der Waals surface area (Å²) >= 11 is 0. The van der Waals surface area contributed by atoms with E-state index in [0.29, 0.717) is 17.5 Å². The molecule has 272 valence electrons. The summed E-state index contributed by atoms with van der Waals surface area (Å²) in [5.41, 5.74) is 12.4. The van der Waals surface area contributed by atoms with Gasteiger partial charge < -0.3 is 4.42 Å². The average Bonchev–Trinajstić information content (AvgIpc) is 3.89. The summed E-state index contributed by atoms with van der Waals surface area (Å²) in [6, 6.07) is 68.5. The first kappa shape index (κ1) is 33.4. The number of nitrogens with zero attached hydrogens (tertiary/aromatic N) is 5. The Balaban J connectivity index is 1.14. The fourth-order valence-electron chi connectivity index (χ4n) is 7.95. The highest BCUT2D eigenvalue weighted by Crippen LogP contribution is 2.42. The van der Waals surface area contributed by atoms with Crippen LogP contribution >= 0.6 is 0 Å². The topological polar surface area (TPSA) is 69.6 Å². The van der Waals surface area contributed by atoms with Crippen molar-refractivity contribution in [2.24, 2.45) is 0 Å². The van der Waals surface area contributed by atoms with E-state index in [-0.39, 0.29) is 0 Å². The van der Waals surface area contributed by atoms with E-state index in [1.807, 2.05) is 72.8 Å². The van der Waals surface area contributed by atoms with E-state index >= 15 is 0 Å². The van der Waals surface area contributed by atoms with Gasteiger partial charge in [-0.15, -0.1) is 0 Å². The van der Waals surface area contributed by atoms with Gasteiger partial charge in [0.2, 0.25) is 0 Å². The number of aromatic nitrogens is 5. The quantitative estimate of drug-likeness (QED) is 0.163. The number of benzene rings is 8. The van der Waals surface area contributed by atoms with Crippen molar-refractivity contribution in [1.29, 1.82) is 0 Å². The fourth-order valence-corrected chi connectivity index (χ4v) is 7.95. The summed E-state index contributed by atoms with van der Waals surface area (Å²) in [6.07, 6.45) is 0. The van der Waals surface area contributed by atoms with E-state index in [2.05, 4.69) is 132 Å². The lowest BCUT2D eigenvalue weighted by atomic mass is 9.96. The summed E-state index contributed by atoms with van der Waals surface area (Å²) < 4.78 is 9.03. The van der Waals surface area contributed by atoms with Crippen molar-refractivity contribution in [1.82, 2.24) is 24.5 Å². The normalized spacial score (nSPS) is 11.4. The molecule has 11 aromatic rings. The molecule has 0 atom stereocenters. The molecular weight excluding hydrogens is 711 g/mol. The van der Waals surface area contributed by atoms with Gasteiger partial charge in [-0.25, -0.2) is 19.9 Å². The molecule has 0 aliphatic rings. The molecule has 0 aliphatic carbocycles. The van der Waals surface area contributed by atoms with E-state index in [0.717, 1.165) is 89.0 Å². The molecule has 8 aromatic carbocycles. The highest BCUT2D eigenvalue weighted by Gasteiger charge is 2.23. The van der Waals surface area contributed by atoms with Crippen LogP contribution in [0.3, 0.4) is 0 Å². The van der Waals surface area contributed by atoms with Gasteiger partial charge in [-0.2, -0.15) is 0 Å². The summed E-state index contributed by atoms with van der Waals surface area (Å²) in [5, 5.41) is 1.89. The Bertz CT molecular complexity index is 3210. The zero-order chi connectivity index (χ0) is 38.4. The van der Waals surface area contributed by atoms with Gasteiger partial charge in [0.15, 0.2) is 17.5 Å². The van der Waals surface area contributed by atoms with Crippen LogP contribution < -0.4 is 0 Å². The molecule has 6 nitrogen and oxygen atoms in total. The third-order valence-corrected chi connectivity index (χ3v) is 10.7. The van der Waals surface area contributed by atoms with Gasteiger partial charge in [0.1, 0.15) is 17.0 Å². The van der Waals surface area contributed by atoms with Crippen LogP contribution in [0, 0.1) is 0 Å². The van der Waals surface area contributed by atoms with Crippen LogP contribution in [-0.4, -0.2) is 24.5 Å². The highest BCUT2D eigenvalue weighted by atomic mass is 16.3. The molecule has 0 aliphatic heterocycles. The molecule has 0 unspecified atom stereocenters. The molecule has 11 rings (SSSR count). The monoisotopic (exact) mass is 743 g/mol. The van der Waals surface area contributed by atoms with Gasteiger partial charge in [-0.1, -0.05) is 146 Å². The Labute approximate surface area is 334 Å². The smallest absolute Gasteiger partial charge is 0.164 e. The predicted octanol–water partition coefficient (Wildman–Crippen LogP) is 13.1. The summed E-state index contributed by atoms with van der Waals surface area (Å²) in [6.45, 7) is 0. The van der Waals surface area contributed by atoms with Crippen molar-refractivity contribution in [2.75, 3.05) is 0 Å². The van der Waals surface area contributed by atoms with Crippen molar-refractivity contribution in [3.8, 4) is 73.5 Å². The molecule has 0 spiro atoms. The second-order valence-electron chi connectivity index (χ2n) is 14.3. The van der Waals surface area contributed by atoms with E-state index < -0.39 is 0 Å². The second-order valence-corrected chi connectivity index (χ2v) is 14.3. The molecule has 0 N–H and O–H groups in total. The lowest BCUT2D eigenvalue weighted by Crippen LogP contribution is -2.01. The van der Waals surface area contributed by atoms with E-state index in [4.69, 9.17) is 24.4 Å². The SMILES string of the molecule is c1ccc(-c2cc(-c3ccccc3)cc(-c3nc(-c4ccccc4)nc(-c4cccc5oc6c(-c7nc8ccccc8n7-c7ccccc7)cccc6c45)n3)c2)cc1. The van der Waals surface area contributed by atoms with Crippen LogP contribution in [0.4, 0.5) is 0 Å². The molecule has 3 heterocycles. The number of hydrogen-bond donors (Lipinski definition) is 0. The van der Waals surface area contributed by atoms with Crippen LogP contribution in [0.5, 0.6) is 0 Å². The van der Waals surface area contributed by atoms with Crippen LogP contribution in [-0.2, 0) is 0 Å². The minimum absolute atomic E-state index is 0.561. The third kappa shape index (κ3) is 5.83. The molecule has 0 bridgehead atoms. The van der Waals surface area contributed by atoms with E-state index in [1.165, 1.54) is 0 Å². The zero-order valence-electron chi connectivity index (χ0n) is 31.2. The maximum atomic E-state index is 6.82. The zero-order valence-corrected chi connectivity index (χ0v) is 31.2. The number of hydrogen-bond acceptors (Lipinski definition) is 5. The Hall–Kier alpha value is -7.96. The lowest BCUT2D eigenvalue weighted by molar-refractivity contribution is 0.669. The van der Waals surface area contributed by atoms with Gasteiger partial charge in [0.25, 0.3) is 0 Å². The molecule has 0 amide bonds. The second kappa shape index (κ2) is 14.0. The number of furan rings is 1. The summed E-state index contributed by atoms with van der Waals surface area (Å²) in [7, 11) is 0. The van der Waals surface area contributed by atoms with Gasteiger partial charge in [0, 0.05) is 33.2 Å². The first-order chi connectivity index (χ1) is 28.7. The summed E-state index contributed by atoms with van der Waals surface area (Å²) in [5.74, 6) is 2.54. The summed E-state index contributed by atoms with van der Waals surface area (Å²) in [4.78, 5) is 20.8. The first-order valence-corrected chi connectivity index (χ1v) is 19.3.